The van der Waals surface area contributed by atoms with Crippen molar-refractivity contribution in [3.8, 4) is 11.4 Å². The number of sulfonamides is 1. The molecule has 2 aromatic heterocycles. The highest BCUT2D eigenvalue weighted by Gasteiger charge is 2.20. The van der Waals surface area contributed by atoms with Crippen LogP contribution in [0.15, 0.2) is 46.7 Å². The van der Waals surface area contributed by atoms with Crippen molar-refractivity contribution in [1.29, 1.82) is 0 Å². The fourth-order valence-corrected chi connectivity index (χ4v) is 5.93. The van der Waals surface area contributed by atoms with Crippen LogP contribution in [-0.2, 0) is 16.4 Å². The van der Waals surface area contributed by atoms with Gasteiger partial charge in [0, 0.05) is 23.9 Å². The minimum absolute atomic E-state index is 0.243. The van der Waals surface area contributed by atoms with E-state index >= 15 is 0 Å². The molecule has 156 valence electrons. The van der Waals surface area contributed by atoms with Gasteiger partial charge in [0.2, 0.25) is 15.0 Å². The Hall–Kier alpha value is -2.62. The Morgan fingerprint density at radius 1 is 1.10 bits per heavy atom. The van der Waals surface area contributed by atoms with Crippen LogP contribution in [0.3, 0.4) is 0 Å². The predicted octanol–water partition coefficient (Wildman–Crippen LogP) is 4.04. The summed E-state index contributed by atoms with van der Waals surface area (Å²) < 4.78 is 43.2. The van der Waals surface area contributed by atoms with Crippen LogP contribution in [0.1, 0.15) is 22.4 Å². The van der Waals surface area contributed by atoms with Gasteiger partial charge in [0.25, 0.3) is 0 Å². The third-order valence-corrected chi connectivity index (χ3v) is 7.43. The van der Waals surface area contributed by atoms with E-state index in [0.717, 1.165) is 27.9 Å². The average molecular weight is 445 g/mol. The minimum atomic E-state index is -3.61. The molecule has 4 aromatic rings. The lowest BCUT2D eigenvalue weighted by atomic mass is 10.1. The smallest absolute Gasteiger partial charge is 0.211 e. The molecule has 1 N–H and O–H groups in total. The molecule has 0 unspecified atom stereocenters. The maximum absolute atomic E-state index is 13.1. The predicted molar refractivity (Wildman–Crippen MR) is 116 cm³/mol. The summed E-state index contributed by atoms with van der Waals surface area (Å²) in [6, 6.07) is 9.75. The molecule has 0 saturated heterocycles. The van der Waals surface area contributed by atoms with Gasteiger partial charge in [-0.3, -0.25) is 0 Å². The van der Waals surface area contributed by atoms with E-state index in [9.17, 15) is 12.8 Å². The number of aromatic nitrogens is 3. The van der Waals surface area contributed by atoms with Gasteiger partial charge in [0.15, 0.2) is 5.82 Å². The zero-order valence-corrected chi connectivity index (χ0v) is 18.4. The van der Waals surface area contributed by atoms with E-state index in [1.807, 2.05) is 38.3 Å². The summed E-state index contributed by atoms with van der Waals surface area (Å²) in [7, 11) is -3.61. The number of nitrogens with zero attached hydrogens (tertiary/aromatic N) is 3. The van der Waals surface area contributed by atoms with Gasteiger partial charge in [-0.1, -0.05) is 17.7 Å². The third-order valence-electron chi connectivity index (χ3n) is 4.80. The molecule has 2 aromatic carbocycles. The van der Waals surface area contributed by atoms with Gasteiger partial charge >= 0.3 is 0 Å². The van der Waals surface area contributed by atoms with E-state index in [-0.39, 0.29) is 12.4 Å². The maximum Gasteiger partial charge on any atom is 0.241 e. The number of hydrogen-bond acceptors (Lipinski definition) is 5. The first-order valence-corrected chi connectivity index (χ1v) is 11.8. The number of aryl methyl sites for hydroxylation is 3. The molecule has 0 aliphatic carbocycles. The summed E-state index contributed by atoms with van der Waals surface area (Å²) in [5, 5.41) is 6.42. The van der Waals surface area contributed by atoms with Gasteiger partial charge in [0.1, 0.15) is 5.82 Å². The van der Waals surface area contributed by atoms with Crippen LogP contribution in [0.25, 0.3) is 16.3 Å². The Bertz CT molecular complexity index is 1300. The Labute approximate surface area is 178 Å². The molecule has 0 atom stereocenters. The number of nitrogens with one attached hydrogen (secondary N) is 1. The van der Waals surface area contributed by atoms with Gasteiger partial charge in [-0.05, 0) is 56.2 Å². The van der Waals surface area contributed by atoms with E-state index < -0.39 is 10.0 Å². The second-order valence-corrected chi connectivity index (χ2v) is 9.78. The molecule has 0 aliphatic heterocycles. The van der Waals surface area contributed by atoms with Crippen LogP contribution in [-0.4, -0.2) is 29.6 Å². The number of halogens is 1. The maximum atomic E-state index is 13.1. The van der Waals surface area contributed by atoms with Crippen LogP contribution in [0.2, 0.25) is 0 Å². The number of thiazole rings is 1. The standard InChI is InChI=1S/C21H21FN4O2S2/c1-13-10-14(2)19(15(3)11-13)30(27,28)23-9-8-18-12-29-21-24-20(25-26(18)21)16-4-6-17(22)7-5-16/h4-7,10-12,23H,8-9H2,1-3H3. The largest absolute Gasteiger partial charge is 0.241 e. The molecule has 0 bridgehead atoms. The van der Waals surface area contributed by atoms with Crippen LogP contribution < -0.4 is 4.72 Å². The molecule has 4 rings (SSSR count). The van der Waals surface area contributed by atoms with Gasteiger partial charge in [-0.25, -0.2) is 22.0 Å². The quantitative estimate of drug-likeness (QED) is 0.487. The zero-order valence-electron chi connectivity index (χ0n) is 16.8. The average Bonchev–Trinajstić information content (AvgIpc) is 3.23. The zero-order chi connectivity index (χ0) is 21.5. The van der Waals surface area contributed by atoms with E-state index in [4.69, 9.17) is 0 Å². The van der Waals surface area contributed by atoms with E-state index in [0.29, 0.717) is 22.1 Å². The lowest BCUT2D eigenvalue weighted by Gasteiger charge is -2.13. The molecule has 0 radical (unpaired) electrons. The molecule has 0 saturated carbocycles. The fraction of sp³-hybridized carbons (Fsp3) is 0.238. The number of benzene rings is 2. The van der Waals surface area contributed by atoms with Crippen molar-refractivity contribution in [3.05, 3.63) is 70.0 Å². The molecule has 0 aliphatic rings. The SMILES string of the molecule is Cc1cc(C)c(S(=O)(=O)NCCc2csc3nc(-c4ccc(F)cc4)nn23)c(C)c1. The van der Waals surface area contributed by atoms with E-state index in [1.165, 1.54) is 23.5 Å². The highest BCUT2D eigenvalue weighted by Crippen LogP contribution is 2.23. The molecular formula is C21H21FN4O2S2. The third kappa shape index (κ3) is 4.00. The number of fused-ring (bicyclic) bond motifs is 1. The van der Waals surface area contributed by atoms with Crippen LogP contribution in [0.4, 0.5) is 4.39 Å². The van der Waals surface area contributed by atoms with Gasteiger partial charge < -0.3 is 0 Å². The minimum Gasteiger partial charge on any atom is -0.211 e. The first kappa shape index (κ1) is 20.6. The van der Waals surface area contributed by atoms with Crippen molar-refractivity contribution >= 4 is 26.3 Å². The topological polar surface area (TPSA) is 76.4 Å². The summed E-state index contributed by atoms with van der Waals surface area (Å²) in [6.07, 6.45) is 0.468. The van der Waals surface area contributed by atoms with Gasteiger partial charge in [0.05, 0.1) is 10.6 Å². The first-order chi connectivity index (χ1) is 14.2. The van der Waals surface area contributed by atoms with Crippen LogP contribution in [0.5, 0.6) is 0 Å². The highest BCUT2D eigenvalue weighted by atomic mass is 32.2. The second kappa shape index (κ2) is 7.90. The monoisotopic (exact) mass is 444 g/mol. The van der Waals surface area contributed by atoms with Crippen molar-refractivity contribution in [3.63, 3.8) is 0 Å². The lowest BCUT2D eigenvalue weighted by Crippen LogP contribution is -2.27. The van der Waals surface area contributed by atoms with Gasteiger partial charge in [-0.15, -0.1) is 16.4 Å². The van der Waals surface area contributed by atoms with Crippen molar-refractivity contribution < 1.29 is 12.8 Å². The molecule has 2 heterocycles. The molecule has 6 nitrogen and oxygen atoms in total. The summed E-state index contributed by atoms with van der Waals surface area (Å²) in [5.41, 5.74) is 4.09. The van der Waals surface area contributed by atoms with E-state index in [2.05, 4.69) is 14.8 Å². The van der Waals surface area contributed by atoms with Crippen molar-refractivity contribution in [2.45, 2.75) is 32.1 Å². The van der Waals surface area contributed by atoms with Gasteiger partial charge in [-0.2, -0.15) is 4.98 Å². The number of hydrogen-bond donors (Lipinski definition) is 1. The summed E-state index contributed by atoms with van der Waals surface area (Å²) >= 11 is 1.43. The lowest BCUT2D eigenvalue weighted by molar-refractivity contribution is 0.579. The summed E-state index contributed by atoms with van der Waals surface area (Å²) in [6.45, 7) is 5.81. The molecule has 30 heavy (non-hydrogen) atoms. The molecule has 9 heteroatoms. The fourth-order valence-electron chi connectivity index (χ4n) is 3.59. The summed E-state index contributed by atoms with van der Waals surface area (Å²) in [5.74, 6) is 0.196. The Balaban J connectivity index is 1.51. The van der Waals surface area contributed by atoms with E-state index in [1.54, 1.807) is 16.6 Å². The molecule has 0 spiro atoms. The highest BCUT2D eigenvalue weighted by molar-refractivity contribution is 7.89. The van der Waals surface area contributed by atoms with Crippen molar-refractivity contribution in [2.24, 2.45) is 0 Å². The van der Waals surface area contributed by atoms with Crippen molar-refractivity contribution in [1.82, 2.24) is 19.3 Å². The van der Waals surface area contributed by atoms with Crippen molar-refractivity contribution in [2.75, 3.05) is 6.54 Å². The normalized spacial score (nSPS) is 12.0. The summed E-state index contributed by atoms with van der Waals surface area (Å²) in [4.78, 5) is 5.52. The molecular weight excluding hydrogens is 423 g/mol. The molecule has 0 fully saturated rings. The Morgan fingerprint density at radius 2 is 1.77 bits per heavy atom. The Kier molecular flexibility index (Phi) is 5.44. The van der Waals surface area contributed by atoms with Crippen LogP contribution in [0, 0.1) is 26.6 Å². The molecule has 0 amide bonds. The number of rotatable bonds is 6. The first-order valence-electron chi connectivity index (χ1n) is 9.41. The van der Waals surface area contributed by atoms with Crippen LogP contribution >= 0.6 is 11.3 Å². The second-order valence-electron chi connectivity index (χ2n) is 7.24. The Morgan fingerprint density at radius 3 is 2.43 bits per heavy atom.